The van der Waals surface area contributed by atoms with Crippen molar-refractivity contribution in [1.29, 1.82) is 0 Å². The van der Waals surface area contributed by atoms with E-state index in [2.05, 4.69) is 28.5 Å². The zero-order valence-corrected chi connectivity index (χ0v) is 9.77. The summed E-state index contributed by atoms with van der Waals surface area (Å²) in [5.41, 5.74) is 0. The number of anilines is 1. The highest BCUT2D eigenvalue weighted by Gasteiger charge is 2.02. The van der Waals surface area contributed by atoms with E-state index >= 15 is 0 Å². The van der Waals surface area contributed by atoms with Crippen molar-refractivity contribution in [2.45, 2.75) is 26.3 Å². The van der Waals surface area contributed by atoms with E-state index in [1.807, 2.05) is 24.8 Å². The Balaban J connectivity index is 2.43. The largest absolute Gasteiger partial charge is 0.367 e. The summed E-state index contributed by atoms with van der Waals surface area (Å²) in [6.07, 6.45) is 5.07. The quantitative estimate of drug-likeness (QED) is 0.811. The van der Waals surface area contributed by atoms with E-state index in [0.717, 1.165) is 18.1 Å². The molecular formula is C10H17N3S. The van der Waals surface area contributed by atoms with Crippen molar-refractivity contribution in [2.24, 2.45) is 0 Å². The minimum atomic E-state index is 0.469. The van der Waals surface area contributed by atoms with Gasteiger partial charge in [0.05, 0.1) is 0 Å². The molecule has 3 nitrogen and oxygen atoms in total. The van der Waals surface area contributed by atoms with Crippen LogP contribution in [0.5, 0.6) is 0 Å². The topological polar surface area (TPSA) is 37.8 Å². The van der Waals surface area contributed by atoms with E-state index in [1.54, 1.807) is 6.20 Å². The molecule has 0 aliphatic heterocycles. The van der Waals surface area contributed by atoms with Crippen molar-refractivity contribution < 1.29 is 0 Å². The molecule has 1 heterocycles. The summed E-state index contributed by atoms with van der Waals surface area (Å²) >= 11 is 1.87. The molecule has 0 fully saturated rings. The second-order valence-corrected chi connectivity index (χ2v) is 4.30. The first-order chi connectivity index (χ1) is 6.72. The Kier molecular flexibility index (Phi) is 4.73. The third-order valence-corrected chi connectivity index (χ3v) is 2.57. The van der Waals surface area contributed by atoms with Gasteiger partial charge in [-0.3, -0.25) is 0 Å². The van der Waals surface area contributed by atoms with Crippen LogP contribution in [0.3, 0.4) is 0 Å². The highest BCUT2D eigenvalue weighted by Crippen LogP contribution is 2.07. The number of rotatable bonds is 5. The van der Waals surface area contributed by atoms with Gasteiger partial charge < -0.3 is 5.32 Å². The van der Waals surface area contributed by atoms with Crippen LogP contribution in [0.25, 0.3) is 0 Å². The minimum absolute atomic E-state index is 0.469. The number of hydrogen-bond acceptors (Lipinski definition) is 4. The average Bonchev–Trinajstić information content (AvgIpc) is 2.15. The van der Waals surface area contributed by atoms with Crippen LogP contribution in [0.2, 0.25) is 0 Å². The van der Waals surface area contributed by atoms with Crippen LogP contribution < -0.4 is 5.32 Å². The summed E-state index contributed by atoms with van der Waals surface area (Å²) in [7, 11) is 0. The van der Waals surface area contributed by atoms with E-state index in [4.69, 9.17) is 0 Å². The SMILES string of the molecule is CSCCC(C)Nc1ccnc(C)n1. The molecule has 14 heavy (non-hydrogen) atoms. The number of hydrogen-bond donors (Lipinski definition) is 1. The lowest BCUT2D eigenvalue weighted by Gasteiger charge is -2.13. The molecule has 1 rings (SSSR count). The molecule has 0 spiro atoms. The monoisotopic (exact) mass is 211 g/mol. The maximum atomic E-state index is 4.29. The summed E-state index contributed by atoms with van der Waals surface area (Å²) in [6, 6.07) is 2.37. The first-order valence-electron chi connectivity index (χ1n) is 4.77. The molecule has 0 aliphatic carbocycles. The van der Waals surface area contributed by atoms with Crippen LogP contribution in [0.4, 0.5) is 5.82 Å². The molecule has 1 aromatic rings. The van der Waals surface area contributed by atoms with Gasteiger partial charge in [0.15, 0.2) is 0 Å². The van der Waals surface area contributed by atoms with Gasteiger partial charge in [0.2, 0.25) is 0 Å². The fraction of sp³-hybridized carbons (Fsp3) is 0.600. The molecule has 0 amide bonds. The third-order valence-electron chi connectivity index (χ3n) is 1.93. The Morgan fingerprint density at radius 3 is 3.00 bits per heavy atom. The Morgan fingerprint density at radius 2 is 2.36 bits per heavy atom. The Labute approximate surface area is 89.7 Å². The summed E-state index contributed by atoms with van der Waals surface area (Å²) in [5.74, 6) is 2.91. The second kappa shape index (κ2) is 5.86. The van der Waals surface area contributed by atoms with Gasteiger partial charge in [-0.15, -0.1) is 0 Å². The number of nitrogens with zero attached hydrogens (tertiary/aromatic N) is 2. The van der Waals surface area contributed by atoms with Gasteiger partial charge in [-0.1, -0.05) is 0 Å². The normalized spacial score (nSPS) is 12.5. The molecule has 78 valence electrons. The van der Waals surface area contributed by atoms with Crippen molar-refractivity contribution in [2.75, 3.05) is 17.3 Å². The van der Waals surface area contributed by atoms with Gasteiger partial charge >= 0.3 is 0 Å². The molecule has 0 bridgehead atoms. The van der Waals surface area contributed by atoms with Crippen LogP contribution in [0.15, 0.2) is 12.3 Å². The van der Waals surface area contributed by atoms with Gasteiger partial charge in [0.25, 0.3) is 0 Å². The predicted molar refractivity (Wildman–Crippen MR) is 62.9 cm³/mol. The molecule has 1 unspecified atom stereocenters. The lowest BCUT2D eigenvalue weighted by Crippen LogP contribution is -2.17. The molecule has 1 atom stereocenters. The molecule has 0 saturated heterocycles. The zero-order valence-electron chi connectivity index (χ0n) is 8.95. The molecular weight excluding hydrogens is 194 g/mol. The van der Waals surface area contributed by atoms with Crippen molar-refractivity contribution >= 4 is 17.6 Å². The predicted octanol–water partition coefficient (Wildman–Crippen LogP) is 2.34. The smallest absolute Gasteiger partial charge is 0.129 e. The van der Waals surface area contributed by atoms with Crippen molar-refractivity contribution in [3.63, 3.8) is 0 Å². The lowest BCUT2D eigenvalue weighted by molar-refractivity contribution is 0.764. The fourth-order valence-corrected chi connectivity index (χ4v) is 1.75. The van der Waals surface area contributed by atoms with Gasteiger partial charge in [0, 0.05) is 12.2 Å². The first kappa shape index (κ1) is 11.3. The number of nitrogens with one attached hydrogen (secondary N) is 1. The van der Waals surface area contributed by atoms with E-state index in [0.29, 0.717) is 6.04 Å². The van der Waals surface area contributed by atoms with Gasteiger partial charge in [0.1, 0.15) is 11.6 Å². The van der Waals surface area contributed by atoms with E-state index in [9.17, 15) is 0 Å². The standard InChI is InChI=1S/C10H17N3S/c1-8(5-7-14-3)12-10-4-6-11-9(2)13-10/h4,6,8H,5,7H2,1-3H3,(H,11,12,13). The highest BCUT2D eigenvalue weighted by molar-refractivity contribution is 7.98. The molecule has 1 aromatic heterocycles. The van der Waals surface area contributed by atoms with E-state index < -0.39 is 0 Å². The Bertz CT molecular complexity index is 278. The lowest BCUT2D eigenvalue weighted by atomic mass is 10.2. The van der Waals surface area contributed by atoms with Crippen LogP contribution in [0, 0.1) is 6.92 Å². The van der Waals surface area contributed by atoms with Crippen molar-refractivity contribution in [3.8, 4) is 0 Å². The summed E-state index contributed by atoms with van der Waals surface area (Å²) < 4.78 is 0. The first-order valence-corrected chi connectivity index (χ1v) is 6.17. The fourth-order valence-electron chi connectivity index (χ4n) is 1.16. The summed E-state index contributed by atoms with van der Waals surface area (Å²) in [4.78, 5) is 8.35. The molecule has 0 radical (unpaired) electrons. The van der Waals surface area contributed by atoms with Crippen LogP contribution in [-0.4, -0.2) is 28.0 Å². The number of aryl methyl sites for hydroxylation is 1. The number of thioether (sulfide) groups is 1. The van der Waals surface area contributed by atoms with Gasteiger partial charge in [-0.25, -0.2) is 9.97 Å². The summed E-state index contributed by atoms with van der Waals surface area (Å²) in [5, 5.41) is 3.35. The van der Waals surface area contributed by atoms with E-state index in [1.165, 1.54) is 5.75 Å². The molecule has 1 N–H and O–H groups in total. The molecule has 0 saturated carbocycles. The molecule has 0 aliphatic rings. The number of aromatic nitrogens is 2. The van der Waals surface area contributed by atoms with Gasteiger partial charge in [-0.2, -0.15) is 11.8 Å². The average molecular weight is 211 g/mol. The maximum absolute atomic E-state index is 4.29. The maximum Gasteiger partial charge on any atom is 0.129 e. The second-order valence-electron chi connectivity index (χ2n) is 3.32. The van der Waals surface area contributed by atoms with E-state index in [-0.39, 0.29) is 0 Å². The van der Waals surface area contributed by atoms with Crippen LogP contribution in [0.1, 0.15) is 19.2 Å². The minimum Gasteiger partial charge on any atom is -0.367 e. The Hall–Kier alpha value is -0.770. The van der Waals surface area contributed by atoms with Crippen LogP contribution in [-0.2, 0) is 0 Å². The summed E-state index contributed by atoms with van der Waals surface area (Å²) in [6.45, 7) is 4.07. The highest BCUT2D eigenvalue weighted by atomic mass is 32.2. The third kappa shape index (κ3) is 3.96. The Morgan fingerprint density at radius 1 is 1.57 bits per heavy atom. The molecule has 0 aromatic carbocycles. The van der Waals surface area contributed by atoms with Crippen molar-refractivity contribution in [3.05, 3.63) is 18.1 Å². The van der Waals surface area contributed by atoms with Crippen molar-refractivity contribution in [1.82, 2.24) is 9.97 Å². The molecule has 4 heteroatoms. The van der Waals surface area contributed by atoms with Gasteiger partial charge in [-0.05, 0) is 38.3 Å². The zero-order chi connectivity index (χ0) is 10.4. The van der Waals surface area contributed by atoms with Crippen LogP contribution >= 0.6 is 11.8 Å².